The van der Waals surface area contributed by atoms with Crippen LogP contribution in [0.5, 0.6) is 0 Å². The highest BCUT2D eigenvalue weighted by Crippen LogP contribution is 2.09. The van der Waals surface area contributed by atoms with Gasteiger partial charge < -0.3 is 14.6 Å². The Morgan fingerprint density at radius 1 is 1.23 bits per heavy atom. The van der Waals surface area contributed by atoms with Gasteiger partial charge in [0, 0.05) is 0 Å². The number of methoxy groups -OCH3 is 2. The van der Waals surface area contributed by atoms with Gasteiger partial charge in [0.15, 0.2) is 0 Å². The molecule has 0 radical (unpaired) electrons. The van der Waals surface area contributed by atoms with Gasteiger partial charge in [0.2, 0.25) is 0 Å². The third-order valence-electron chi connectivity index (χ3n) is 1.42. The molecule has 1 N–H and O–H groups in total. The Kier molecular flexibility index (Phi) is 4.58. The summed E-state index contributed by atoms with van der Waals surface area (Å²) >= 11 is 0. The number of aliphatic hydroxyl groups is 1. The summed E-state index contributed by atoms with van der Waals surface area (Å²) in [5.74, 6) is -1.57. The van der Waals surface area contributed by atoms with Gasteiger partial charge in [-0.2, -0.15) is 0 Å². The fourth-order valence-electron chi connectivity index (χ4n) is 0.687. The maximum absolute atomic E-state index is 11.0. The molecular formula is C8H12O5. The van der Waals surface area contributed by atoms with Crippen LogP contribution in [0.2, 0.25) is 0 Å². The molecule has 0 fully saturated rings. The minimum atomic E-state index is -0.731. The molecule has 0 aromatic rings. The number of carbonyl (C=O) groups excluding carboxylic acids is 2. The van der Waals surface area contributed by atoms with Crippen molar-refractivity contribution in [1.29, 1.82) is 0 Å². The van der Waals surface area contributed by atoms with Crippen molar-refractivity contribution in [1.82, 2.24) is 0 Å². The summed E-state index contributed by atoms with van der Waals surface area (Å²) in [7, 11) is 2.37. The zero-order valence-electron chi connectivity index (χ0n) is 7.79. The predicted octanol–water partition coefficient (Wildman–Crippen LogP) is 0.554. The molecule has 5 nitrogen and oxygen atoms in total. The lowest BCUT2D eigenvalue weighted by Crippen LogP contribution is -2.12. The molecule has 0 aliphatic heterocycles. The maximum Gasteiger partial charge on any atom is 0.337 e. The Labute approximate surface area is 75.9 Å². The van der Waals surface area contributed by atoms with Crippen LogP contribution in [0.15, 0.2) is 11.3 Å². The molecule has 0 heterocycles. The maximum atomic E-state index is 11.0. The lowest BCUT2D eigenvalue weighted by molar-refractivity contribution is -0.143. The lowest BCUT2D eigenvalue weighted by Gasteiger charge is -2.04. The zero-order chi connectivity index (χ0) is 10.4. The molecule has 0 saturated carbocycles. The first-order valence-corrected chi connectivity index (χ1v) is 3.56. The number of rotatable bonds is 3. The second-order valence-electron chi connectivity index (χ2n) is 2.31. The van der Waals surface area contributed by atoms with E-state index >= 15 is 0 Å². The van der Waals surface area contributed by atoms with Crippen LogP contribution < -0.4 is 0 Å². The molecule has 0 spiro atoms. The topological polar surface area (TPSA) is 72.8 Å². The zero-order valence-corrected chi connectivity index (χ0v) is 7.79. The van der Waals surface area contributed by atoms with E-state index in [-0.39, 0.29) is 17.8 Å². The molecule has 0 unspecified atom stereocenters. The van der Waals surface area contributed by atoms with E-state index < -0.39 is 11.9 Å². The molecule has 0 aromatic heterocycles. The van der Waals surface area contributed by atoms with Crippen molar-refractivity contribution in [2.45, 2.75) is 13.3 Å². The van der Waals surface area contributed by atoms with Crippen molar-refractivity contribution >= 4 is 11.9 Å². The summed E-state index contributed by atoms with van der Waals surface area (Å²) in [4.78, 5) is 21.7. The smallest absolute Gasteiger partial charge is 0.337 e. The number of hydrogen-bond donors (Lipinski definition) is 1. The first kappa shape index (κ1) is 11.5. The highest BCUT2D eigenvalue weighted by Gasteiger charge is 2.17. The summed E-state index contributed by atoms with van der Waals surface area (Å²) in [6.07, 6.45) is -0.286. The van der Waals surface area contributed by atoms with E-state index in [0.717, 1.165) is 0 Å². The van der Waals surface area contributed by atoms with E-state index in [4.69, 9.17) is 5.11 Å². The standard InChI is InChI=1S/C8H12O5/c1-5(9)6(8(11)13-3)4-7(10)12-2/h9H,4H2,1-3H3/b6-5-. The number of esters is 2. The summed E-state index contributed by atoms with van der Waals surface area (Å²) < 4.78 is 8.69. The second kappa shape index (κ2) is 5.18. The van der Waals surface area contributed by atoms with Crippen molar-refractivity contribution in [3.05, 3.63) is 11.3 Å². The molecule has 0 rings (SSSR count). The van der Waals surface area contributed by atoms with Crippen molar-refractivity contribution in [2.24, 2.45) is 0 Å². The quantitative estimate of drug-likeness (QED) is 0.398. The highest BCUT2D eigenvalue weighted by molar-refractivity contribution is 5.94. The third kappa shape index (κ3) is 3.59. The van der Waals surface area contributed by atoms with Crippen LogP contribution in [-0.2, 0) is 19.1 Å². The first-order chi connectivity index (χ1) is 6.02. The van der Waals surface area contributed by atoms with Gasteiger partial charge in [-0.25, -0.2) is 4.79 Å². The van der Waals surface area contributed by atoms with E-state index in [9.17, 15) is 9.59 Å². The van der Waals surface area contributed by atoms with Gasteiger partial charge in [-0.15, -0.1) is 0 Å². The number of aliphatic hydroxyl groups excluding tert-OH is 1. The van der Waals surface area contributed by atoms with Gasteiger partial charge in [-0.3, -0.25) is 4.79 Å². The van der Waals surface area contributed by atoms with Crippen molar-refractivity contribution < 1.29 is 24.2 Å². The number of ether oxygens (including phenoxy) is 2. The van der Waals surface area contributed by atoms with Crippen LogP contribution in [0.25, 0.3) is 0 Å². The average Bonchev–Trinajstić information content (AvgIpc) is 2.11. The van der Waals surface area contributed by atoms with Gasteiger partial charge in [-0.05, 0) is 6.92 Å². The molecule has 0 aromatic carbocycles. The molecule has 0 atom stereocenters. The van der Waals surface area contributed by atoms with Crippen LogP contribution in [-0.4, -0.2) is 31.3 Å². The normalized spacial score (nSPS) is 11.6. The minimum absolute atomic E-state index is 0.0886. The van der Waals surface area contributed by atoms with E-state index in [1.54, 1.807) is 0 Å². The molecule has 0 bridgehead atoms. The predicted molar refractivity (Wildman–Crippen MR) is 44.0 cm³/mol. The van der Waals surface area contributed by atoms with E-state index in [1.807, 2.05) is 0 Å². The summed E-state index contributed by atoms with van der Waals surface area (Å²) in [5, 5.41) is 9.03. The van der Waals surface area contributed by atoms with Gasteiger partial charge in [0.1, 0.15) is 5.76 Å². The molecule has 0 amide bonds. The van der Waals surface area contributed by atoms with Gasteiger partial charge in [0.05, 0.1) is 26.2 Å². The molecule has 5 heteroatoms. The molecule has 13 heavy (non-hydrogen) atoms. The molecular weight excluding hydrogens is 176 g/mol. The van der Waals surface area contributed by atoms with E-state index in [2.05, 4.69) is 9.47 Å². The average molecular weight is 188 g/mol. The van der Waals surface area contributed by atoms with Gasteiger partial charge in [0.25, 0.3) is 0 Å². The van der Waals surface area contributed by atoms with Crippen LogP contribution in [0, 0.1) is 0 Å². The summed E-state index contributed by atoms with van der Waals surface area (Å²) in [6.45, 7) is 1.30. The summed E-state index contributed by atoms with van der Waals surface area (Å²) in [5.41, 5.74) is -0.0886. The minimum Gasteiger partial charge on any atom is -0.512 e. The Hall–Kier alpha value is -1.52. The fourth-order valence-corrected chi connectivity index (χ4v) is 0.687. The Bertz CT molecular complexity index is 237. The third-order valence-corrected chi connectivity index (χ3v) is 1.42. The van der Waals surface area contributed by atoms with Crippen LogP contribution in [0.1, 0.15) is 13.3 Å². The molecule has 0 aliphatic rings. The SMILES string of the molecule is COC(=O)C/C(C(=O)OC)=C(\C)O. The fraction of sp³-hybridized carbons (Fsp3) is 0.500. The van der Waals surface area contributed by atoms with Gasteiger partial charge >= 0.3 is 11.9 Å². The van der Waals surface area contributed by atoms with Crippen molar-refractivity contribution in [2.75, 3.05) is 14.2 Å². The Balaban J connectivity index is 4.57. The van der Waals surface area contributed by atoms with Gasteiger partial charge in [-0.1, -0.05) is 0 Å². The Morgan fingerprint density at radius 3 is 2.08 bits per heavy atom. The first-order valence-electron chi connectivity index (χ1n) is 3.56. The molecule has 0 saturated heterocycles. The van der Waals surface area contributed by atoms with E-state index in [1.165, 1.54) is 21.1 Å². The number of allylic oxidation sites excluding steroid dienone is 1. The second-order valence-corrected chi connectivity index (χ2v) is 2.31. The van der Waals surface area contributed by atoms with Crippen molar-refractivity contribution in [3.63, 3.8) is 0 Å². The number of carbonyl (C=O) groups is 2. The van der Waals surface area contributed by atoms with Crippen LogP contribution >= 0.6 is 0 Å². The monoisotopic (exact) mass is 188 g/mol. The number of hydrogen-bond acceptors (Lipinski definition) is 5. The lowest BCUT2D eigenvalue weighted by atomic mass is 10.1. The Morgan fingerprint density at radius 2 is 1.77 bits per heavy atom. The highest BCUT2D eigenvalue weighted by atomic mass is 16.5. The van der Waals surface area contributed by atoms with E-state index in [0.29, 0.717) is 0 Å². The summed E-state index contributed by atoms with van der Waals surface area (Å²) in [6, 6.07) is 0. The van der Waals surface area contributed by atoms with Crippen LogP contribution in [0.4, 0.5) is 0 Å². The largest absolute Gasteiger partial charge is 0.512 e. The molecule has 0 aliphatic carbocycles. The van der Waals surface area contributed by atoms with Crippen LogP contribution in [0.3, 0.4) is 0 Å². The van der Waals surface area contributed by atoms with Crippen molar-refractivity contribution in [3.8, 4) is 0 Å². The molecule has 74 valence electrons.